The topological polar surface area (TPSA) is 199 Å². The molecule has 4 fully saturated rings. The van der Waals surface area contributed by atoms with Gasteiger partial charge in [-0.05, 0) is 42.8 Å². The second-order valence-electron chi connectivity index (χ2n) is 14.1. The molecule has 4 N–H and O–H groups in total. The quantitative estimate of drug-likeness (QED) is 0.258. The molecule has 0 aliphatic carbocycles. The van der Waals surface area contributed by atoms with E-state index in [9.17, 15) is 36.4 Å². The third-order valence-electron chi connectivity index (χ3n) is 9.94. The van der Waals surface area contributed by atoms with E-state index in [-0.39, 0.29) is 42.1 Å². The lowest BCUT2D eigenvalue weighted by Gasteiger charge is -2.36. The van der Waals surface area contributed by atoms with E-state index >= 15 is 0 Å². The molecule has 2 unspecified atom stereocenters. The second kappa shape index (κ2) is 22.9. The van der Waals surface area contributed by atoms with Crippen LogP contribution in [0.4, 0.5) is 41.1 Å². The predicted octanol–water partition coefficient (Wildman–Crippen LogP) is 1.25. The summed E-state index contributed by atoms with van der Waals surface area (Å²) in [6.07, 6.45) is 1.93. The number of benzene rings is 2. The SMILES string of the molecule is CCC(=S)NC[C@H]1CN(c2ccc(N3CCN(C(=O)CS(C)=O)CC3)c(F)c2)C(=O)O1.CO.CS(=O)CC(=O)N1CCN(c2ccc(N3C[C@H](CN)OC3=O)cc2F)CC1. The molecule has 4 heterocycles. The van der Waals surface area contributed by atoms with Gasteiger partial charge in [0.1, 0.15) is 35.3 Å². The number of aliphatic hydroxyl groups excluding tert-OH is 1. The number of amides is 4. The fourth-order valence-corrected chi connectivity index (χ4v) is 7.95. The monoisotopic (exact) mass is 900 g/mol. The first-order valence-electron chi connectivity index (χ1n) is 19.3. The number of cyclic esters (lactones) is 2. The van der Waals surface area contributed by atoms with E-state index in [1.165, 1.54) is 34.4 Å². The van der Waals surface area contributed by atoms with Crippen LogP contribution in [0.3, 0.4) is 0 Å². The van der Waals surface area contributed by atoms with Crippen LogP contribution in [0.15, 0.2) is 36.4 Å². The van der Waals surface area contributed by atoms with E-state index in [4.69, 9.17) is 32.5 Å². The van der Waals surface area contributed by atoms with Gasteiger partial charge < -0.3 is 45.2 Å². The fraction of sp³-hybridized carbons (Fsp3) is 0.553. The van der Waals surface area contributed by atoms with Gasteiger partial charge in [-0.15, -0.1) is 0 Å². The lowest BCUT2D eigenvalue weighted by atomic mass is 10.2. The summed E-state index contributed by atoms with van der Waals surface area (Å²) >= 11 is 5.12. The van der Waals surface area contributed by atoms with Crippen LogP contribution in [-0.4, -0.2) is 174 Å². The van der Waals surface area contributed by atoms with Gasteiger partial charge in [0, 0.05) is 100 Å². The molecule has 0 saturated carbocycles. The Kier molecular flexibility index (Phi) is 18.4. The van der Waals surface area contributed by atoms with Crippen molar-refractivity contribution in [1.29, 1.82) is 0 Å². The number of aliphatic hydroxyl groups is 1. The second-order valence-corrected chi connectivity index (χ2v) is 17.4. The third kappa shape index (κ3) is 13.0. The first-order valence-corrected chi connectivity index (χ1v) is 23.2. The lowest BCUT2D eigenvalue weighted by Crippen LogP contribution is -2.50. The van der Waals surface area contributed by atoms with Gasteiger partial charge in [0.15, 0.2) is 0 Å². The largest absolute Gasteiger partial charge is 0.443 e. The van der Waals surface area contributed by atoms with Crippen LogP contribution >= 0.6 is 12.2 Å². The van der Waals surface area contributed by atoms with E-state index in [1.54, 1.807) is 34.1 Å². The minimum absolute atomic E-state index is 0.00966. The van der Waals surface area contributed by atoms with Crippen molar-refractivity contribution in [3.05, 3.63) is 48.0 Å². The van der Waals surface area contributed by atoms with Crippen molar-refractivity contribution in [1.82, 2.24) is 15.1 Å². The highest BCUT2D eigenvalue weighted by molar-refractivity contribution is 7.85. The number of thiocarbonyl (C=S) groups is 1. The molecule has 17 nitrogen and oxygen atoms in total. The number of halogens is 2. The highest BCUT2D eigenvalue weighted by Crippen LogP contribution is 2.30. The average molecular weight is 901 g/mol. The molecule has 4 aliphatic rings. The number of hydrogen-bond acceptors (Lipinski definition) is 13. The van der Waals surface area contributed by atoms with Crippen molar-refractivity contribution >= 4 is 85.6 Å². The summed E-state index contributed by atoms with van der Waals surface area (Å²) in [4.78, 5) is 58.6. The number of ether oxygens (including phenoxy) is 2. The first kappa shape index (κ1) is 48.2. The van der Waals surface area contributed by atoms with Gasteiger partial charge in [-0.3, -0.25) is 27.8 Å². The number of rotatable bonds is 12. The van der Waals surface area contributed by atoms with Crippen LogP contribution in [-0.2, 0) is 40.7 Å². The summed E-state index contributed by atoms with van der Waals surface area (Å²) in [6.45, 7) is 6.93. The van der Waals surface area contributed by atoms with E-state index < -0.39 is 45.4 Å². The number of carbonyl (C=O) groups is 4. The summed E-state index contributed by atoms with van der Waals surface area (Å²) in [5.74, 6) is -1.14. The Balaban J connectivity index is 0.000000256. The number of hydrogen-bond donors (Lipinski definition) is 3. The molecule has 4 amide bonds. The summed E-state index contributed by atoms with van der Waals surface area (Å²) in [5.41, 5.74) is 7.23. The standard InChI is InChI=1S/C20H27FN4O4S2.C17H23FN4O4S.CH4O/c1-3-18(30)22-11-15-12-25(20(27)29-15)14-4-5-17(16(21)10-14)23-6-8-24(9-7-23)19(26)13-31(2)28;1-27(25)11-16(23)21-6-4-20(5-7-21)15-3-2-12(8-14(15)18)22-10-13(9-19)26-17(22)24;1-2/h4-5,10,15H,3,6-9,11-13H2,1-2H3,(H,22,30);2-3,8,13H,4-7,9-11,19H2,1H3;2H,1H3/t15-,31?;13-,27?;/m00./s1. The van der Waals surface area contributed by atoms with Crippen LogP contribution in [0.1, 0.15) is 13.3 Å². The maximum absolute atomic E-state index is 14.9. The van der Waals surface area contributed by atoms with Crippen molar-refractivity contribution in [2.75, 3.05) is 129 Å². The number of nitrogens with zero attached hydrogens (tertiary/aromatic N) is 6. The molecule has 6 rings (SSSR count). The zero-order chi connectivity index (χ0) is 44.1. The number of piperazine rings is 2. The Hall–Kier alpha value is -4.51. The Morgan fingerprint density at radius 1 is 0.767 bits per heavy atom. The molecule has 4 aliphatic heterocycles. The van der Waals surface area contributed by atoms with Crippen molar-refractivity contribution in [3.63, 3.8) is 0 Å². The molecule has 22 heteroatoms. The van der Waals surface area contributed by atoms with Gasteiger partial charge in [0.05, 0.1) is 47.4 Å². The van der Waals surface area contributed by atoms with Crippen LogP contribution in [0.2, 0.25) is 0 Å². The molecular weight excluding hydrogens is 847 g/mol. The van der Waals surface area contributed by atoms with Gasteiger partial charge >= 0.3 is 12.2 Å². The third-order valence-corrected chi connectivity index (χ3v) is 11.7. The molecule has 4 atom stereocenters. The molecule has 2 aromatic carbocycles. The fourth-order valence-electron chi connectivity index (χ4n) is 6.81. The molecule has 0 spiro atoms. The molecule has 0 bridgehead atoms. The minimum atomic E-state index is -1.18. The lowest BCUT2D eigenvalue weighted by molar-refractivity contribution is -0.129. The van der Waals surface area contributed by atoms with Gasteiger partial charge in [-0.2, -0.15) is 0 Å². The van der Waals surface area contributed by atoms with Crippen LogP contribution in [0.5, 0.6) is 0 Å². The normalized spacial score (nSPS) is 20.0. The van der Waals surface area contributed by atoms with Crippen LogP contribution < -0.4 is 30.7 Å². The summed E-state index contributed by atoms with van der Waals surface area (Å²) in [5, 5.41) is 10.1. The van der Waals surface area contributed by atoms with E-state index in [2.05, 4.69) is 5.32 Å². The van der Waals surface area contributed by atoms with Gasteiger partial charge in [-0.1, -0.05) is 19.1 Å². The number of nitrogens with one attached hydrogen (secondary N) is 1. The van der Waals surface area contributed by atoms with Gasteiger partial charge in [0.25, 0.3) is 0 Å². The number of anilines is 4. The predicted molar refractivity (Wildman–Crippen MR) is 232 cm³/mol. The highest BCUT2D eigenvalue weighted by Gasteiger charge is 2.34. The van der Waals surface area contributed by atoms with Gasteiger partial charge in [-0.25, -0.2) is 18.4 Å². The van der Waals surface area contributed by atoms with Crippen molar-refractivity contribution in [2.24, 2.45) is 5.73 Å². The molecule has 0 radical (unpaired) electrons. The van der Waals surface area contributed by atoms with E-state index in [0.29, 0.717) is 106 Å². The summed E-state index contributed by atoms with van der Waals surface area (Å²) < 4.78 is 62.4. The zero-order valence-electron chi connectivity index (χ0n) is 34.2. The molecular formula is C38H54F2N8O9S3. The Morgan fingerprint density at radius 2 is 1.17 bits per heavy atom. The smallest absolute Gasteiger partial charge is 0.414 e. The molecule has 0 aromatic heterocycles. The minimum Gasteiger partial charge on any atom is -0.443 e. The maximum Gasteiger partial charge on any atom is 0.414 e. The average Bonchev–Trinajstić information content (AvgIpc) is 3.81. The van der Waals surface area contributed by atoms with Crippen molar-refractivity contribution < 1.29 is 51.0 Å². The maximum atomic E-state index is 14.9. The van der Waals surface area contributed by atoms with Crippen molar-refractivity contribution in [3.8, 4) is 0 Å². The van der Waals surface area contributed by atoms with Crippen LogP contribution in [0, 0.1) is 11.6 Å². The number of carbonyl (C=O) groups excluding carboxylic acids is 4. The molecule has 4 saturated heterocycles. The van der Waals surface area contributed by atoms with Crippen molar-refractivity contribution in [2.45, 2.75) is 25.6 Å². The van der Waals surface area contributed by atoms with E-state index in [0.717, 1.165) is 7.11 Å². The van der Waals surface area contributed by atoms with Crippen LogP contribution in [0.25, 0.3) is 0 Å². The molecule has 2 aromatic rings. The number of nitrogens with two attached hydrogens (primary N) is 1. The first-order chi connectivity index (χ1) is 28.7. The Bertz CT molecular complexity index is 1900. The molecule has 332 valence electrons. The molecule has 60 heavy (non-hydrogen) atoms. The zero-order valence-corrected chi connectivity index (χ0v) is 36.6. The Morgan fingerprint density at radius 3 is 1.52 bits per heavy atom. The van der Waals surface area contributed by atoms with Gasteiger partial charge in [0.2, 0.25) is 11.8 Å². The van der Waals surface area contributed by atoms with E-state index in [1.807, 2.05) is 16.7 Å². The highest BCUT2D eigenvalue weighted by atomic mass is 32.2. The summed E-state index contributed by atoms with van der Waals surface area (Å²) in [6, 6.07) is 9.30. The summed E-state index contributed by atoms with van der Waals surface area (Å²) in [7, 11) is -1.35. The Labute approximate surface area is 359 Å².